The average molecular weight is 435 g/mol. The number of allylic oxidation sites excluding steroid dienone is 1. The van der Waals surface area contributed by atoms with Crippen LogP contribution in [0.4, 0.5) is 5.95 Å². The Morgan fingerprint density at radius 3 is 2.88 bits per heavy atom. The Hall–Kier alpha value is -2.38. The normalized spacial score (nSPS) is 10.5. The first-order valence-corrected chi connectivity index (χ1v) is 9.10. The van der Waals surface area contributed by atoms with Crippen molar-refractivity contribution in [3.63, 3.8) is 0 Å². The van der Waals surface area contributed by atoms with Crippen molar-refractivity contribution in [3.8, 4) is 5.75 Å². The summed E-state index contributed by atoms with van der Waals surface area (Å²) in [5, 5.41) is 15.5. The van der Waals surface area contributed by atoms with Gasteiger partial charge in [-0.1, -0.05) is 56.9 Å². The summed E-state index contributed by atoms with van der Waals surface area (Å²) in [7, 11) is 0. The molecular weight excluding hydrogens is 418 g/mol. The minimum absolute atomic E-state index is 0.391. The summed E-state index contributed by atoms with van der Waals surface area (Å²) in [5.74, 6) is 1.34. The fraction of sp³-hybridized carbons (Fsp3) is 0.167. The number of nitrogens with one attached hydrogen (secondary N) is 1. The first-order chi connectivity index (χ1) is 12.7. The van der Waals surface area contributed by atoms with Gasteiger partial charge in [0.1, 0.15) is 12.4 Å². The van der Waals surface area contributed by atoms with Gasteiger partial charge >= 0.3 is 0 Å². The molecule has 0 spiro atoms. The van der Waals surface area contributed by atoms with Crippen LogP contribution in [0, 0.1) is 0 Å². The van der Waals surface area contributed by atoms with Crippen molar-refractivity contribution in [2.75, 3.05) is 5.32 Å². The largest absolute Gasteiger partial charge is 0.488 e. The van der Waals surface area contributed by atoms with Crippen LogP contribution in [0.25, 0.3) is 0 Å². The topological polar surface area (TPSA) is 64.9 Å². The molecule has 6 nitrogen and oxygen atoms in total. The third-order valence-corrected chi connectivity index (χ3v) is 4.50. The van der Waals surface area contributed by atoms with Gasteiger partial charge in [0.2, 0.25) is 5.95 Å². The van der Waals surface area contributed by atoms with E-state index in [9.17, 15) is 0 Å². The minimum Gasteiger partial charge on any atom is -0.488 e. The lowest BCUT2D eigenvalue weighted by atomic mass is 10.2. The molecule has 8 heteroatoms. The molecule has 3 aromatic rings. The Bertz CT molecular complexity index is 899. The van der Waals surface area contributed by atoms with E-state index in [0.29, 0.717) is 30.7 Å². The molecule has 3 rings (SSSR count). The monoisotopic (exact) mass is 433 g/mol. The van der Waals surface area contributed by atoms with Crippen LogP contribution in [-0.4, -0.2) is 20.2 Å². The second-order valence-corrected chi connectivity index (χ2v) is 6.78. The molecule has 134 valence electrons. The lowest BCUT2D eigenvalue weighted by Gasteiger charge is -2.13. The number of rotatable bonds is 8. The lowest BCUT2D eigenvalue weighted by Crippen LogP contribution is -2.09. The third-order valence-electron chi connectivity index (χ3n) is 3.63. The molecule has 0 radical (unpaired) electrons. The van der Waals surface area contributed by atoms with E-state index in [1.807, 2.05) is 42.5 Å². The molecule has 0 saturated carbocycles. The van der Waals surface area contributed by atoms with Gasteiger partial charge in [-0.2, -0.15) is 0 Å². The van der Waals surface area contributed by atoms with Crippen molar-refractivity contribution in [3.05, 3.63) is 75.7 Å². The highest BCUT2D eigenvalue weighted by Crippen LogP contribution is 2.26. The molecule has 1 aromatic heterocycles. The lowest BCUT2D eigenvalue weighted by molar-refractivity contribution is 0.303. The van der Waals surface area contributed by atoms with E-state index < -0.39 is 0 Å². The molecule has 0 aliphatic heterocycles. The highest BCUT2D eigenvalue weighted by molar-refractivity contribution is 9.10. The molecule has 0 saturated heterocycles. The summed E-state index contributed by atoms with van der Waals surface area (Å²) in [6.45, 7) is 5.13. The molecule has 0 unspecified atom stereocenters. The van der Waals surface area contributed by atoms with Crippen LogP contribution in [0.2, 0.25) is 5.02 Å². The highest BCUT2D eigenvalue weighted by atomic mass is 79.9. The summed E-state index contributed by atoms with van der Waals surface area (Å²) in [5.41, 5.74) is 1.91. The number of tetrazole rings is 1. The molecule has 1 N–H and O–H groups in total. The van der Waals surface area contributed by atoms with E-state index in [0.717, 1.165) is 21.3 Å². The summed E-state index contributed by atoms with van der Waals surface area (Å²) >= 11 is 9.70. The van der Waals surface area contributed by atoms with E-state index in [4.69, 9.17) is 16.3 Å². The zero-order valence-electron chi connectivity index (χ0n) is 13.9. The van der Waals surface area contributed by atoms with Crippen LogP contribution in [0.1, 0.15) is 11.1 Å². The number of halogens is 2. The Morgan fingerprint density at radius 2 is 2.08 bits per heavy atom. The minimum atomic E-state index is 0.391. The van der Waals surface area contributed by atoms with E-state index in [-0.39, 0.29) is 0 Å². The Kier molecular flexibility index (Phi) is 6.25. The van der Waals surface area contributed by atoms with E-state index in [1.54, 1.807) is 10.8 Å². The predicted octanol–water partition coefficient (Wildman–Crippen LogP) is 4.47. The SMILES string of the molecule is C=CCn1nnnc1NCc1cc(Br)ccc1OCc1ccccc1Cl. The molecule has 1 heterocycles. The summed E-state index contributed by atoms with van der Waals surface area (Å²) < 4.78 is 8.58. The van der Waals surface area contributed by atoms with Gasteiger partial charge in [-0.15, -0.1) is 6.58 Å². The van der Waals surface area contributed by atoms with Gasteiger partial charge in [-0.05, 0) is 34.7 Å². The second-order valence-electron chi connectivity index (χ2n) is 5.46. The van der Waals surface area contributed by atoms with Gasteiger partial charge in [0, 0.05) is 27.2 Å². The molecule has 0 amide bonds. The number of anilines is 1. The Balaban J connectivity index is 1.72. The maximum Gasteiger partial charge on any atom is 0.243 e. The van der Waals surface area contributed by atoms with Gasteiger partial charge in [0.25, 0.3) is 0 Å². The van der Waals surface area contributed by atoms with Gasteiger partial charge in [0.15, 0.2) is 0 Å². The first kappa shape index (κ1) is 18.4. The summed E-state index contributed by atoms with van der Waals surface area (Å²) in [6.07, 6.45) is 1.73. The average Bonchev–Trinajstić information content (AvgIpc) is 3.08. The molecule has 2 aromatic carbocycles. The van der Waals surface area contributed by atoms with E-state index in [2.05, 4.69) is 43.4 Å². The maximum atomic E-state index is 6.20. The fourth-order valence-corrected chi connectivity index (χ4v) is 2.95. The summed E-state index contributed by atoms with van der Waals surface area (Å²) in [6, 6.07) is 13.5. The Morgan fingerprint density at radius 1 is 1.23 bits per heavy atom. The van der Waals surface area contributed by atoms with Crippen LogP contribution in [0.15, 0.2) is 59.6 Å². The van der Waals surface area contributed by atoms with Gasteiger partial charge in [0.05, 0.1) is 6.54 Å². The number of nitrogens with zero attached hydrogens (tertiary/aromatic N) is 4. The van der Waals surface area contributed by atoms with Crippen LogP contribution in [0.5, 0.6) is 5.75 Å². The number of hydrogen-bond acceptors (Lipinski definition) is 5. The zero-order chi connectivity index (χ0) is 18.4. The number of benzene rings is 2. The molecule has 0 atom stereocenters. The smallest absolute Gasteiger partial charge is 0.243 e. The number of hydrogen-bond donors (Lipinski definition) is 1. The van der Waals surface area contributed by atoms with Gasteiger partial charge in [-0.25, -0.2) is 4.68 Å². The third kappa shape index (κ3) is 4.62. The second kappa shape index (κ2) is 8.82. The van der Waals surface area contributed by atoms with Crippen molar-refractivity contribution in [1.29, 1.82) is 0 Å². The fourth-order valence-electron chi connectivity index (χ4n) is 2.35. The van der Waals surface area contributed by atoms with Crippen LogP contribution in [-0.2, 0) is 19.7 Å². The molecule has 0 bridgehead atoms. The number of aromatic nitrogens is 4. The summed E-state index contributed by atoms with van der Waals surface area (Å²) in [4.78, 5) is 0. The van der Waals surface area contributed by atoms with Crippen molar-refractivity contribution in [2.24, 2.45) is 0 Å². The van der Waals surface area contributed by atoms with E-state index >= 15 is 0 Å². The standard InChI is InChI=1S/C18H17BrClN5O/c1-2-9-25-18(22-23-24-25)21-11-14-10-15(19)7-8-17(14)26-12-13-5-3-4-6-16(13)20/h2-8,10H,1,9,11-12H2,(H,21,22,24). The van der Waals surface area contributed by atoms with Crippen LogP contribution < -0.4 is 10.1 Å². The van der Waals surface area contributed by atoms with Crippen molar-refractivity contribution in [1.82, 2.24) is 20.2 Å². The first-order valence-electron chi connectivity index (χ1n) is 7.93. The maximum absolute atomic E-state index is 6.20. The van der Waals surface area contributed by atoms with E-state index in [1.165, 1.54) is 0 Å². The molecular formula is C18H17BrClN5O. The molecule has 0 aliphatic carbocycles. The van der Waals surface area contributed by atoms with Gasteiger partial charge < -0.3 is 10.1 Å². The number of ether oxygens (including phenoxy) is 1. The van der Waals surface area contributed by atoms with Crippen molar-refractivity contribution >= 4 is 33.5 Å². The van der Waals surface area contributed by atoms with Crippen LogP contribution in [0.3, 0.4) is 0 Å². The van der Waals surface area contributed by atoms with Crippen molar-refractivity contribution in [2.45, 2.75) is 19.7 Å². The quantitative estimate of drug-likeness (QED) is 0.530. The molecule has 0 aliphatic rings. The zero-order valence-corrected chi connectivity index (χ0v) is 16.2. The van der Waals surface area contributed by atoms with Crippen molar-refractivity contribution < 1.29 is 4.74 Å². The molecule has 26 heavy (non-hydrogen) atoms. The molecule has 0 fully saturated rings. The van der Waals surface area contributed by atoms with Gasteiger partial charge in [-0.3, -0.25) is 0 Å². The van der Waals surface area contributed by atoms with Crippen LogP contribution >= 0.6 is 27.5 Å². The predicted molar refractivity (Wildman–Crippen MR) is 105 cm³/mol. The highest BCUT2D eigenvalue weighted by Gasteiger charge is 2.09. The Labute approximate surface area is 164 Å².